The number of amides is 2. The lowest BCUT2D eigenvalue weighted by Gasteiger charge is -2.48. The number of fused-ring (bicyclic) bond motifs is 1. The predicted octanol–water partition coefficient (Wildman–Crippen LogP) is 2.86. The maximum Gasteiger partial charge on any atom is 0.322 e. The number of para-hydroxylation sites is 1. The average Bonchev–Trinajstić information content (AvgIpc) is 3.12. The van der Waals surface area contributed by atoms with Crippen LogP contribution in [-0.2, 0) is 12.2 Å². The summed E-state index contributed by atoms with van der Waals surface area (Å²) in [6.45, 7) is 8.63. The summed E-state index contributed by atoms with van der Waals surface area (Å²) in [5.41, 5.74) is 1.54. The third kappa shape index (κ3) is 3.59. The van der Waals surface area contributed by atoms with Gasteiger partial charge < -0.3 is 19.7 Å². The Labute approximate surface area is 189 Å². The van der Waals surface area contributed by atoms with Crippen molar-refractivity contribution in [3.8, 4) is 11.5 Å². The van der Waals surface area contributed by atoms with E-state index in [0.717, 1.165) is 61.8 Å². The molecule has 2 aromatic carbocycles. The Bertz CT molecular complexity index is 947. The van der Waals surface area contributed by atoms with E-state index in [-0.39, 0.29) is 6.03 Å². The van der Waals surface area contributed by atoms with Crippen LogP contribution in [0.25, 0.3) is 0 Å². The van der Waals surface area contributed by atoms with Crippen molar-refractivity contribution >= 4 is 6.03 Å². The normalized spacial score (nSPS) is 23.6. The number of piperazine rings is 1. The summed E-state index contributed by atoms with van der Waals surface area (Å²) < 4.78 is 12.1. The number of nitrogens with one attached hydrogen (secondary N) is 1. The Morgan fingerprint density at radius 3 is 2.56 bits per heavy atom. The van der Waals surface area contributed by atoms with Crippen LogP contribution in [0.1, 0.15) is 24.5 Å². The Hall–Kier alpha value is -2.77. The van der Waals surface area contributed by atoms with Gasteiger partial charge in [-0.1, -0.05) is 49.4 Å². The fourth-order valence-corrected chi connectivity index (χ4v) is 5.25. The molecular formula is C25H32N4O3. The second-order valence-corrected chi connectivity index (χ2v) is 8.66. The van der Waals surface area contributed by atoms with Crippen molar-refractivity contribution in [1.29, 1.82) is 0 Å². The third-order valence-electron chi connectivity index (χ3n) is 6.67. The quantitative estimate of drug-likeness (QED) is 0.755. The molecule has 32 heavy (non-hydrogen) atoms. The third-order valence-corrected chi connectivity index (χ3v) is 6.67. The molecule has 1 unspecified atom stereocenters. The van der Waals surface area contributed by atoms with Gasteiger partial charge in [0.05, 0.1) is 6.54 Å². The molecule has 0 aliphatic carbocycles. The van der Waals surface area contributed by atoms with Crippen molar-refractivity contribution in [2.75, 3.05) is 52.5 Å². The maximum atomic E-state index is 13.8. The van der Waals surface area contributed by atoms with Crippen molar-refractivity contribution in [3.05, 3.63) is 59.7 Å². The van der Waals surface area contributed by atoms with Crippen LogP contribution >= 0.6 is 0 Å². The number of ether oxygens (including phenoxy) is 2. The summed E-state index contributed by atoms with van der Waals surface area (Å²) in [4.78, 5) is 20.4. The van der Waals surface area contributed by atoms with E-state index in [2.05, 4.69) is 40.2 Å². The molecule has 7 heteroatoms. The van der Waals surface area contributed by atoms with Crippen molar-refractivity contribution < 1.29 is 14.3 Å². The van der Waals surface area contributed by atoms with Gasteiger partial charge in [0.25, 0.3) is 0 Å². The van der Waals surface area contributed by atoms with E-state index < -0.39 is 5.66 Å². The zero-order valence-corrected chi connectivity index (χ0v) is 18.8. The lowest BCUT2D eigenvalue weighted by Crippen LogP contribution is -2.61. The molecule has 3 aliphatic heterocycles. The molecule has 2 saturated heterocycles. The number of hydrogen-bond acceptors (Lipinski definition) is 5. The number of nitrogens with zero attached hydrogens (tertiary/aromatic N) is 3. The van der Waals surface area contributed by atoms with Gasteiger partial charge in [-0.05, 0) is 18.1 Å². The molecule has 3 heterocycles. The second kappa shape index (κ2) is 9.00. The van der Waals surface area contributed by atoms with Gasteiger partial charge in [-0.25, -0.2) is 4.79 Å². The molecule has 3 aliphatic rings. The lowest BCUT2D eigenvalue weighted by molar-refractivity contribution is -0.0277. The largest absolute Gasteiger partial charge is 0.486 e. The molecule has 0 radical (unpaired) electrons. The molecule has 7 nitrogen and oxygen atoms in total. The van der Waals surface area contributed by atoms with Gasteiger partial charge in [-0.15, -0.1) is 0 Å². The van der Waals surface area contributed by atoms with Crippen LogP contribution in [0.5, 0.6) is 11.5 Å². The molecular weight excluding hydrogens is 404 g/mol. The summed E-state index contributed by atoms with van der Waals surface area (Å²) in [7, 11) is 0. The van der Waals surface area contributed by atoms with Gasteiger partial charge in [0.2, 0.25) is 0 Å². The van der Waals surface area contributed by atoms with E-state index in [1.165, 1.54) is 0 Å². The Morgan fingerprint density at radius 2 is 1.78 bits per heavy atom. The molecule has 2 aromatic rings. The van der Waals surface area contributed by atoms with Crippen LogP contribution in [0.2, 0.25) is 0 Å². The van der Waals surface area contributed by atoms with Crippen LogP contribution in [0.15, 0.2) is 48.5 Å². The Morgan fingerprint density at radius 1 is 1.00 bits per heavy atom. The topological polar surface area (TPSA) is 57.3 Å². The highest BCUT2D eigenvalue weighted by Crippen LogP contribution is 2.47. The van der Waals surface area contributed by atoms with Gasteiger partial charge >= 0.3 is 6.03 Å². The number of carbonyl (C=O) groups excluding carboxylic acids is 1. The van der Waals surface area contributed by atoms with Crippen molar-refractivity contribution in [2.24, 2.45) is 0 Å². The Kier molecular flexibility index (Phi) is 5.93. The molecule has 1 atom stereocenters. The van der Waals surface area contributed by atoms with E-state index in [0.29, 0.717) is 26.3 Å². The van der Waals surface area contributed by atoms with E-state index in [1.807, 2.05) is 35.2 Å². The van der Waals surface area contributed by atoms with Gasteiger partial charge in [0, 0.05) is 44.8 Å². The monoisotopic (exact) mass is 436 g/mol. The van der Waals surface area contributed by atoms with Gasteiger partial charge in [-0.2, -0.15) is 0 Å². The molecule has 0 saturated carbocycles. The van der Waals surface area contributed by atoms with E-state index in [1.54, 1.807) is 0 Å². The first-order chi connectivity index (χ1) is 15.7. The highest BCUT2D eigenvalue weighted by molar-refractivity contribution is 5.79. The van der Waals surface area contributed by atoms with Crippen LogP contribution in [0.4, 0.5) is 4.79 Å². The number of hydrogen-bond donors (Lipinski definition) is 1. The second-order valence-electron chi connectivity index (χ2n) is 8.66. The Balaban J connectivity index is 1.67. The molecule has 1 N–H and O–H groups in total. The lowest BCUT2D eigenvalue weighted by atomic mass is 9.93. The SMILES string of the molecule is CCCN1CC(c2cccc3c2OCCO3)(N2CCNCC2)N(Cc2ccccc2)C1=O. The minimum Gasteiger partial charge on any atom is -0.486 e. The van der Waals surface area contributed by atoms with Crippen molar-refractivity contribution in [1.82, 2.24) is 20.0 Å². The standard InChI is InChI=1S/C25H32N4O3/c1-2-13-27-19-25(28-14-11-26-12-15-28,21-9-6-10-22-23(21)32-17-16-31-22)29(24(27)30)18-20-7-4-3-5-8-20/h3-10,26H,2,11-19H2,1H3. The minimum absolute atomic E-state index is 0.0866. The van der Waals surface area contributed by atoms with Gasteiger partial charge in [0.1, 0.15) is 18.9 Å². The summed E-state index contributed by atoms with van der Waals surface area (Å²) in [5, 5.41) is 3.47. The van der Waals surface area contributed by atoms with Crippen LogP contribution in [-0.4, -0.2) is 73.2 Å². The summed E-state index contributed by atoms with van der Waals surface area (Å²) in [6.07, 6.45) is 0.926. The first kappa shape index (κ1) is 21.1. The van der Waals surface area contributed by atoms with E-state index in [4.69, 9.17) is 9.47 Å². The molecule has 0 bridgehead atoms. The summed E-state index contributed by atoms with van der Waals surface area (Å²) in [6, 6.07) is 16.5. The fourth-order valence-electron chi connectivity index (χ4n) is 5.25. The average molecular weight is 437 g/mol. The van der Waals surface area contributed by atoms with E-state index in [9.17, 15) is 4.79 Å². The minimum atomic E-state index is -0.615. The highest BCUT2D eigenvalue weighted by Gasteiger charge is 2.56. The molecule has 170 valence electrons. The molecule has 0 aromatic heterocycles. The number of carbonyl (C=O) groups is 1. The first-order valence-corrected chi connectivity index (χ1v) is 11.7. The molecule has 5 rings (SSSR count). The van der Waals surface area contributed by atoms with Crippen molar-refractivity contribution in [3.63, 3.8) is 0 Å². The molecule has 0 spiro atoms. The van der Waals surface area contributed by atoms with Crippen molar-refractivity contribution in [2.45, 2.75) is 25.6 Å². The first-order valence-electron chi connectivity index (χ1n) is 11.7. The summed E-state index contributed by atoms with van der Waals surface area (Å²) in [5.74, 6) is 1.55. The molecule has 2 fully saturated rings. The van der Waals surface area contributed by atoms with Crippen LogP contribution in [0.3, 0.4) is 0 Å². The maximum absolute atomic E-state index is 13.8. The smallest absolute Gasteiger partial charge is 0.322 e. The predicted molar refractivity (Wildman–Crippen MR) is 123 cm³/mol. The fraction of sp³-hybridized carbons (Fsp3) is 0.480. The van der Waals surface area contributed by atoms with Crippen LogP contribution < -0.4 is 14.8 Å². The highest BCUT2D eigenvalue weighted by atomic mass is 16.6. The number of benzene rings is 2. The zero-order valence-electron chi connectivity index (χ0n) is 18.8. The van der Waals surface area contributed by atoms with Gasteiger partial charge in [-0.3, -0.25) is 9.80 Å². The number of urea groups is 1. The molecule has 2 amide bonds. The zero-order chi connectivity index (χ0) is 22.0. The summed E-state index contributed by atoms with van der Waals surface area (Å²) >= 11 is 0. The number of rotatable bonds is 6. The van der Waals surface area contributed by atoms with Gasteiger partial charge in [0.15, 0.2) is 11.5 Å². The van der Waals surface area contributed by atoms with Crippen LogP contribution in [0, 0.1) is 0 Å². The van der Waals surface area contributed by atoms with E-state index >= 15 is 0 Å².